The Morgan fingerprint density at radius 2 is 2.36 bits per heavy atom. The largest absolute Gasteiger partial charge is 0.478 e. The highest BCUT2D eigenvalue weighted by atomic mass is 16.4. The van der Waals surface area contributed by atoms with Crippen LogP contribution in [0.5, 0.6) is 0 Å². The van der Waals surface area contributed by atoms with Crippen LogP contribution in [0.25, 0.3) is 0 Å². The number of carboxylic acid groups (broad SMARTS) is 1. The van der Waals surface area contributed by atoms with E-state index in [0.29, 0.717) is 0 Å². The average molecular weight is 155 g/mol. The van der Waals surface area contributed by atoms with Crippen LogP contribution < -0.4 is 0 Å². The number of aliphatic imine (C=N–C) groups is 1. The van der Waals surface area contributed by atoms with E-state index in [4.69, 9.17) is 5.11 Å². The predicted octanol–water partition coefficient (Wildman–Crippen LogP) is 0.743. The molecule has 0 aromatic heterocycles. The topological polar surface area (TPSA) is 66.7 Å². The number of hydrogen-bond donors (Lipinski definition) is 1. The van der Waals surface area contributed by atoms with Gasteiger partial charge in [0, 0.05) is 5.57 Å². The molecule has 0 aliphatic rings. The van der Waals surface area contributed by atoms with Crippen LogP contribution >= 0.6 is 0 Å². The summed E-state index contributed by atoms with van der Waals surface area (Å²) < 4.78 is 0. The smallest absolute Gasteiger partial charge is 0.331 e. The lowest BCUT2D eigenvalue weighted by Crippen LogP contribution is -2.01. The summed E-state index contributed by atoms with van der Waals surface area (Å²) in [5.74, 6) is -0.964. The average Bonchev–Trinajstić information content (AvgIpc) is 1.97. The summed E-state index contributed by atoms with van der Waals surface area (Å²) >= 11 is 0. The van der Waals surface area contributed by atoms with Crippen LogP contribution in [0.15, 0.2) is 16.6 Å². The van der Waals surface area contributed by atoms with E-state index in [0.717, 1.165) is 0 Å². The Bertz CT molecular complexity index is 214. The SMILES string of the molecule is C/C=C(\CCN=C=O)C(=O)O. The molecular formula is C7H9NO3. The summed E-state index contributed by atoms with van der Waals surface area (Å²) in [4.78, 5) is 23.1. The number of isocyanates is 1. The maximum atomic E-state index is 10.3. The third-order valence-electron chi connectivity index (χ3n) is 1.18. The minimum Gasteiger partial charge on any atom is -0.478 e. The van der Waals surface area contributed by atoms with Crippen molar-refractivity contribution in [2.24, 2.45) is 4.99 Å². The molecule has 1 N–H and O–H groups in total. The molecule has 0 aromatic rings. The van der Waals surface area contributed by atoms with Crippen molar-refractivity contribution in [1.82, 2.24) is 0 Å². The number of hydrogen-bond acceptors (Lipinski definition) is 3. The van der Waals surface area contributed by atoms with Gasteiger partial charge in [0.05, 0.1) is 6.54 Å². The van der Waals surface area contributed by atoms with Crippen LogP contribution in [-0.4, -0.2) is 23.7 Å². The van der Waals surface area contributed by atoms with Crippen molar-refractivity contribution in [2.75, 3.05) is 6.54 Å². The van der Waals surface area contributed by atoms with E-state index in [1.165, 1.54) is 12.2 Å². The van der Waals surface area contributed by atoms with Gasteiger partial charge in [-0.3, -0.25) is 0 Å². The molecule has 0 fully saturated rings. The maximum absolute atomic E-state index is 10.3. The highest BCUT2D eigenvalue weighted by molar-refractivity contribution is 5.86. The molecule has 11 heavy (non-hydrogen) atoms. The first-order valence-electron chi connectivity index (χ1n) is 3.14. The minimum absolute atomic E-state index is 0.190. The van der Waals surface area contributed by atoms with Crippen LogP contribution in [0.3, 0.4) is 0 Å². The third-order valence-corrected chi connectivity index (χ3v) is 1.18. The first-order valence-corrected chi connectivity index (χ1v) is 3.14. The van der Waals surface area contributed by atoms with Crippen molar-refractivity contribution in [3.05, 3.63) is 11.6 Å². The molecule has 0 aliphatic heterocycles. The fourth-order valence-electron chi connectivity index (χ4n) is 0.597. The predicted molar refractivity (Wildman–Crippen MR) is 39.0 cm³/mol. The van der Waals surface area contributed by atoms with Crippen LogP contribution in [0.2, 0.25) is 0 Å². The summed E-state index contributed by atoms with van der Waals surface area (Å²) in [6, 6.07) is 0. The first-order chi connectivity index (χ1) is 5.22. The van der Waals surface area contributed by atoms with Gasteiger partial charge in [0.25, 0.3) is 0 Å². The molecule has 0 aromatic carbocycles. The molecule has 4 nitrogen and oxygen atoms in total. The van der Waals surface area contributed by atoms with Gasteiger partial charge in [0.15, 0.2) is 0 Å². The van der Waals surface area contributed by atoms with Crippen molar-refractivity contribution >= 4 is 12.0 Å². The van der Waals surface area contributed by atoms with E-state index < -0.39 is 5.97 Å². The second kappa shape index (κ2) is 5.38. The first kappa shape index (κ1) is 9.59. The Kier molecular flexibility index (Phi) is 4.69. The number of aliphatic carboxylic acids is 1. The Labute approximate surface area is 64.3 Å². The zero-order chi connectivity index (χ0) is 8.69. The van der Waals surface area contributed by atoms with Gasteiger partial charge >= 0.3 is 5.97 Å². The van der Waals surface area contributed by atoms with E-state index in [-0.39, 0.29) is 18.5 Å². The van der Waals surface area contributed by atoms with E-state index in [1.54, 1.807) is 6.92 Å². The second-order valence-corrected chi connectivity index (χ2v) is 1.84. The molecule has 0 saturated carbocycles. The lowest BCUT2D eigenvalue weighted by atomic mass is 10.2. The Hall–Kier alpha value is -1.41. The van der Waals surface area contributed by atoms with Crippen LogP contribution in [0.4, 0.5) is 0 Å². The standard InChI is InChI=1S/C7H9NO3/c1-2-6(7(10)11)3-4-8-5-9/h2H,3-4H2,1H3,(H,10,11)/b6-2+. The molecule has 0 rings (SSSR count). The summed E-state index contributed by atoms with van der Waals surface area (Å²) in [6.07, 6.45) is 3.11. The lowest BCUT2D eigenvalue weighted by molar-refractivity contribution is -0.132. The van der Waals surface area contributed by atoms with Crippen molar-refractivity contribution in [3.8, 4) is 0 Å². The molecule has 0 aliphatic carbocycles. The molecule has 0 heterocycles. The summed E-state index contributed by atoms with van der Waals surface area (Å²) in [5.41, 5.74) is 0.268. The lowest BCUT2D eigenvalue weighted by Gasteiger charge is -1.94. The molecule has 0 amide bonds. The third kappa shape index (κ3) is 4.06. The molecule has 0 unspecified atom stereocenters. The van der Waals surface area contributed by atoms with Crippen molar-refractivity contribution < 1.29 is 14.7 Å². The molecule has 0 bridgehead atoms. The van der Waals surface area contributed by atoms with Crippen molar-refractivity contribution in [3.63, 3.8) is 0 Å². The van der Waals surface area contributed by atoms with Gasteiger partial charge in [-0.05, 0) is 13.3 Å². The molecule has 0 atom stereocenters. The number of carbonyl (C=O) groups is 1. The summed E-state index contributed by atoms with van der Waals surface area (Å²) in [6.45, 7) is 1.82. The summed E-state index contributed by atoms with van der Waals surface area (Å²) in [7, 11) is 0. The zero-order valence-corrected chi connectivity index (χ0v) is 6.20. The van der Waals surface area contributed by atoms with Gasteiger partial charge in [-0.25, -0.2) is 14.6 Å². The van der Waals surface area contributed by atoms with E-state index >= 15 is 0 Å². The second-order valence-electron chi connectivity index (χ2n) is 1.84. The number of carboxylic acids is 1. The van der Waals surface area contributed by atoms with Gasteiger partial charge < -0.3 is 5.11 Å². The van der Waals surface area contributed by atoms with E-state index in [2.05, 4.69) is 4.99 Å². The fourth-order valence-corrected chi connectivity index (χ4v) is 0.597. The van der Waals surface area contributed by atoms with E-state index in [9.17, 15) is 9.59 Å². The molecule has 60 valence electrons. The minimum atomic E-state index is -0.964. The van der Waals surface area contributed by atoms with Gasteiger partial charge in [-0.15, -0.1) is 0 Å². The number of nitrogens with zero attached hydrogens (tertiary/aromatic N) is 1. The van der Waals surface area contributed by atoms with Gasteiger partial charge in [0.2, 0.25) is 6.08 Å². The molecule has 4 heteroatoms. The Morgan fingerprint density at radius 3 is 2.73 bits per heavy atom. The highest BCUT2D eigenvalue weighted by Gasteiger charge is 2.03. The van der Waals surface area contributed by atoms with Crippen LogP contribution in [0, 0.1) is 0 Å². The van der Waals surface area contributed by atoms with Crippen LogP contribution in [-0.2, 0) is 9.59 Å². The normalized spacial score (nSPS) is 10.5. The van der Waals surface area contributed by atoms with Crippen molar-refractivity contribution in [1.29, 1.82) is 0 Å². The Balaban J connectivity index is 3.91. The Morgan fingerprint density at radius 1 is 1.73 bits per heavy atom. The van der Waals surface area contributed by atoms with Gasteiger partial charge in [-0.1, -0.05) is 6.08 Å². The number of carbonyl (C=O) groups excluding carboxylic acids is 1. The molecule has 0 radical (unpaired) electrons. The quantitative estimate of drug-likeness (QED) is 0.370. The molecular weight excluding hydrogens is 146 g/mol. The molecule has 0 spiro atoms. The maximum Gasteiger partial charge on any atom is 0.331 e. The van der Waals surface area contributed by atoms with Gasteiger partial charge in [-0.2, -0.15) is 0 Å². The van der Waals surface area contributed by atoms with Crippen molar-refractivity contribution in [2.45, 2.75) is 13.3 Å². The summed E-state index contributed by atoms with van der Waals surface area (Å²) in [5, 5.41) is 8.46. The van der Waals surface area contributed by atoms with E-state index in [1.807, 2.05) is 0 Å². The number of allylic oxidation sites excluding steroid dienone is 1. The van der Waals surface area contributed by atoms with Crippen LogP contribution in [0.1, 0.15) is 13.3 Å². The highest BCUT2D eigenvalue weighted by Crippen LogP contribution is 2.00. The monoisotopic (exact) mass is 155 g/mol. The molecule has 0 saturated heterocycles. The number of rotatable bonds is 4. The fraction of sp³-hybridized carbons (Fsp3) is 0.429. The van der Waals surface area contributed by atoms with Gasteiger partial charge in [0.1, 0.15) is 0 Å². The zero-order valence-electron chi connectivity index (χ0n) is 6.20.